The highest BCUT2D eigenvalue weighted by Crippen LogP contribution is 2.30. The van der Waals surface area contributed by atoms with Crippen LogP contribution in [0.3, 0.4) is 0 Å². The molecule has 0 saturated carbocycles. The van der Waals surface area contributed by atoms with E-state index in [1.807, 2.05) is 0 Å². The van der Waals surface area contributed by atoms with E-state index in [0.29, 0.717) is 11.3 Å². The number of aromatic nitrogens is 3. The Bertz CT molecular complexity index is 1020. The summed E-state index contributed by atoms with van der Waals surface area (Å²) in [5.74, 6) is -1.71. The van der Waals surface area contributed by atoms with E-state index < -0.39 is 22.1 Å². The quantitative estimate of drug-likeness (QED) is 0.656. The number of hydrogen-bond acceptors (Lipinski definition) is 6. The molecular weight excluding hydrogens is 385 g/mol. The number of nitrogens with zero attached hydrogens (tertiary/aromatic N) is 4. The monoisotopic (exact) mass is 398 g/mol. The zero-order valence-electron chi connectivity index (χ0n) is 13.9. The molecule has 0 bridgehead atoms. The minimum atomic E-state index is -4.72. The molecule has 0 spiro atoms. The highest BCUT2D eigenvalue weighted by Gasteiger charge is 2.38. The molecule has 11 heteroatoms. The maximum Gasteiger partial charge on any atom is 0.470 e. The van der Waals surface area contributed by atoms with Gasteiger partial charge in [-0.2, -0.15) is 13.2 Å². The molecule has 0 aliphatic rings. The van der Waals surface area contributed by atoms with Gasteiger partial charge in [-0.3, -0.25) is 9.29 Å². The molecule has 27 heavy (non-hydrogen) atoms. The van der Waals surface area contributed by atoms with Crippen LogP contribution in [0.1, 0.15) is 11.5 Å². The second kappa shape index (κ2) is 6.99. The Kier molecular flexibility index (Phi) is 4.87. The van der Waals surface area contributed by atoms with Gasteiger partial charge in [0.05, 0.1) is 24.7 Å². The smallest absolute Gasteiger partial charge is 0.413 e. The van der Waals surface area contributed by atoms with Crippen LogP contribution in [0.15, 0.2) is 53.2 Å². The number of benzene rings is 1. The minimum Gasteiger partial charge on any atom is -0.413 e. The normalized spacial score (nSPS) is 12.1. The number of alkyl halides is 3. The molecule has 7 nitrogen and oxygen atoms in total. The van der Waals surface area contributed by atoms with Crippen molar-refractivity contribution in [3.05, 3.63) is 60.2 Å². The molecule has 2 heterocycles. The Morgan fingerprint density at radius 1 is 1.11 bits per heavy atom. The summed E-state index contributed by atoms with van der Waals surface area (Å²) in [6.07, 6.45) is -0.693. The number of rotatable bonds is 5. The summed E-state index contributed by atoms with van der Waals surface area (Å²) in [6.45, 7) is 0.0302. The molecule has 1 aromatic carbocycles. The standard InChI is InChI=1S/C16H13F3N4O3S/c1-27(24,25)23(13-3-2-8-20-9-13)10-11-4-6-12(7-5-11)14-21-22-15(26-14)16(17,18)19/h2-9H,10H2,1H3. The first-order valence-corrected chi connectivity index (χ1v) is 9.37. The lowest BCUT2D eigenvalue weighted by Gasteiger charge is -2.22. The summed E-state index contributed by atoms with van der Waals surface area (Å²) >= 11 is 0. The first-order valence-electron chi connectivity index (χ1n) is 7.52. The van der Waals surface area contributed by atoms with Crippen molar-refractivity contribution >= 4 is 15.7 Å². The van der Waals surface area contributed by atoms with E-state index in [1.165, 1.54) is 28.8 Å². The number of halogens is 3. The molecule has 3 rings (SSSR count). The van der Waals surface area contributed by atoms with E-state index in [2.05, 4.69) is 19.6 Å². The number of anilines is 1. The molecule has 0 aliphatic carbocycles. The highest BCUT2D eigenvalue weighted by molar-refractivity contribution is 7.92. The summed E-state index contributed by atoms with van der Waals surface area (Å²) < 4.78 is 67.5. The van der Waals surface area contributed by atoms with E-state index in [0.717, 1.165) is 6.26 Å². The van der Waals surface area contributed by atoms with Gasteiger partial charge in [0, 0.05) is 11.8 Å². The molecule has 142 valence electrons. The van der Waals surface area contributed by atoms with Crippen LogP contribution in [-0.4, -0.2) is 29.9 Å². The summed E-state index contributed by atoms with van der Waals surface area (Å²) in [4.78, 5) is 3.91. The predicted octanol–water partition coefficient (Wildman–Crippen LogP) is 3.12. The predicted molar refractivity (Wildman–Crippen MR) is 90.0 cm³/mol. The summed E-state index contributed by atoms with van der Waals surface area (Å²) in [6, 6.07) is 9.33. The third-order valence-electron chi connectivity index (χ3n) is 3.53. The zero-order chi connectivity index (χ0) is 19.7. The SMILES string of the molecule is CS(=O)(=O)N(Cc1ccc(-c2nnc(C(F)(F)F)o2)cc1)c1cccnc1. The Morgan fingerprint density at radius 2 is 1.81 bits per heavy atom. The largest absolute Gasteiger partial charge is 0.470 e. The van der Waals surface area contributed by atoms with Crippen LogP contribution in [0, 0.1) is 0 Å². The number of pyridine rings is 1. The zero-order valence-corrected chi connectivity index (χ0v) is 14.7. The molecule has 0 N–H and O–H groups in total. The molecule has 0 aliphatic heterocycles. The molecule has 0 saturated heterocycles. The first-order chi connectivity index (χ1) is 12.6. The van der Waals surface area contributed by atoms with Crippen molar-refractivity contribution in [3.8, 4) is 11.5 Å². The summed E-state index contributed by atoms with van der Waals surface area (Å²) in [5, 5.41) is 6.35. The van der Waals surface area contributed by atoms with Crippen molar-refractivity contribution in [3.63, 3.8) is 0 Å². The lowest BCUT2D eigenvalue weighted by atomic mass is 10.1. The van der Waals surface area contributed by atoms with Crippen LogP contribution < -0.4 is 4.31 Å². The van der Waals surface area contributed by atoms with E-state index in [4.69, 9.17) is 0 Å². The first kappa shape index (κ1) is 18.8. The molecule has 0 fully saturated rings. The van der Waals surface area contributed by atoms with Gasteiger partial charge in [-0.1, -0.05) is 12.1 Å². The van der Waals surface area contributed by atoms with Gasteiger partial charge >= 0.3 is 12.1 Å². The molecule has 2 aromatic heterocycles. The third kappa shape index (κ3) is 4.42. The van der Waals surface area contributed by atoms with Gasteiger partial charge < -0.3 is 4.42 Å². The molecule has 0 atom stereocenters. The van der Waals surface area contributed by atoms with Crippen LogP contribution >= 0.6 is 0 Å². The van der Waals surface area contributed by atoms with Crippen LogP contribution in [-0.2, 0) is 22.7 Å². The van der Waals surface area contributed by atoms with Crippen molar-refractivity contribution in [2.45, 2.75) is 12.7 Å². The maximum absolute atomic E-state index is 12.5. The van der Waals surface area contributed by atoms with Crippen molar-refractivity contribution in [2.24, 2.45) is 0 Å². The van der Waals surface area contributed by atoms with Crippen molar-refractivity contribution < 1.29 is 26.0 Å². The Balaban J connectivity index is 1.83. The van der Waals surface area contributed by atoms with E-state index in [-0.39, 0.29) is 18.0 Å². The maximum atomic E-state index is 12.5. The number of hydrogen-bond donors (Lipinski definition) is 0. The topological polar surface area (TPSA) is 89.2 Å². The third-order valence-corrected chi connectivity index (χ3v) is 4.67. The molecule has 0 unspecified atom stereocenters. The van der Waals surface area contributed by atoms with E-state index in [9.17, 15) is 21.6 Å². The van der Waals surface area contributed by atoms with Gasteiger partial charge in [-0.05, 0) is 29.8 Å². The summed E-state index contributed by atoms with van der Waals surface area (Å²) in [5.41, 5.74) is 1.30. The van der Waals surface area contributed by atoms with Gasteiger partial charge in [0.15, 0.2) is 0 Å². The van der Waals surface area contributed by atoms with Gasteiger partial charge in [0.2, 0.25) is 15.9 Å². The Labute approximate surface area is 152 Å². The fourth-order valence-electron chi connectivity index (χ4n) is 2.27. The fraction of sp³-hybridized carbons (Fsp3) is 0.188. The molecule has 3 aromatic rings. The lowest BCUT2D eigenvalue weighted by molar-refractivity contribution is -0.156. The van der Waals surface area contributed by atoms with Gasteiger partial charge in [-0.15, -0.1) is 10.2 Å². The van der Waals surface area contributed by atoms with Crippen molar-refractivity contribution in [1.82, 2.24) is 15.2 Å². The molecule has 0 radical (unpaired) electrons. The van der Waals surface area contributed by atoms with Gasteiger partial charge in [0.25, 0.3) is 0 Å². The van der Waals surface area contributed by atoms with Gasteiger partial charge in [-0.25, -0.2) is 8.42 Å². The molecule has 0 amide bonds. The highest BCUT2D eigenvalue weighted by atomic mass is 32.2. The second-order valence-electron chi connectivity index (χ2n) is 5.59. The van der Waals surface area contributed by atoms with Crippen LogP contribution in [0.25, 0.3) is 11.5 Å². The van der Waals surface area contributed by atoms with Crippen LogP contribution in [0.4, 0.5) is 18.9 Å². The van der Waals surface area contributed by atoms with Crippen molar-refractivity contribution in [1.29, 1.82) is 0 Å². The average Bonchev–Trinajstić information content (AvgIpc) is 3.10. The van der Waals surface area contributed by atoms with E-state index >= 15 is 0 Å². The molecular formula is C16H13F3N4O3S. The second-order valence-corrected chi connectivity index (χ2v) is 7.49. The fourth-order valence-corrected chi connectivity index (χ4v) is 3.15. The van der Waals surface area contributed by atoms with Crippen LogP contribution in [0.2, 0.25) is 0 Å². The van der Waals surface area contributed by atoms with E-state index in [1.54, 1.807) is 24.3 Å². The van der Waals surface area contributed by atoms with Crippen LogP contribution in [0.5, 0.6) is 0 Å². The Morgan fingerprint density at radius 3 is 2.33 bits per heavy atom. The Hall–Kier alpha value is -2.95. The average molecular weight is 398 g/mol. The lowest BCUT2D eigenvalue weighted by Crippen LogP contribution is -2.29. The van der Waals surface area contributed by atoms with Crippen molar-refractivity contribution in [2.75, 3.05) is 10.6 Å². The minimum absolute atomic E-state index is 0.0302. The van der Waals surface area contributed by atoms with Gasteiger partial charge in [0.1, 0.15) is 0 Å². The summed E-state index contributed by atoms with van der Waals surface area (Å²) in [7, 11) is -3.56. The number of sulfonamides is 1.